The predicted octanol–water partition coefficient (Wildman–Crippen LogP) is 4.69. The molecule has 5 nitrogen and oxygen atoms in total. The van der Waals surface area contributed by atoms with Crippen molar-refractivity contribution >= 4 is 27.9 Å². The molecule has 2 atom stereocenters. The molecule has 0 saturated carbocycles. The lowest BCUT2D eigenvalue weighted by atomic mass is 9.90. The van der Waals surface area contributed by atoms with Crippen molar-refractivity contribution in [1.82, 2.24) is 0 Å². The van der Waals surface area contributed by atoms with Crippen LogP contribution in [-0.2, 0) is 14.3 Å². The van der Waals surface area contributed by atoms with Crippen LogP contribution in [0.2, 0.25) is 0 Å². The van der Waals surface area contributed by atoms with E-state index >= 15 is 0 Å². The van der Waals surface area contributed by atoms with Crippen LogP contribution in [0.15, 0.2) is 77.3 Å². The highest BCUT2D eigenvalue weighted by atomic mass is 79.9. The van der Waals surface area contributed by atoms with E-state index < -0.39 is 23.9 Å². The Morgan fingerprint density at radius 1 is 0.935 bits per heavy atom. The van der Waals surface area contributed by atoms with Crippen LogP contribution in [-0.4, -0.2) is 29.7 Å². The highest BCUT2D eigenvalue weighted by Crippen LogP contribution is 2.44. The van der Waals surface area contributed by atoms with Gasteiger partial charge in [0.05, 0.1) is 12.3 Å². The summed E-state index contributed by atoms with van der Waals surface area (Å²) in [5, 5.41) is 9.19. The molecule has 31 heavy (non-hydrogen) atoms. The number of nitrogens with two attached hydrogens (primary N) is 1. The number of benzene rings is 3. The van der Waals surface area contributed by atoms with Crippen molar-refractivity contribution in [2.45, 2.75) is 24.3 Å². The standard InChI is InChI=1S/C25H22BrNO4/c26-16-11-9-15(10-12-16)24(22(27)13-23(28)29)25(30)31-14-21-19-7-3-1-5-17(19)18-6-2-4-8-20(18)21/h1-12,21-22,24H,13-14,27H2,(H,28,29)/t22-,24-/m0/s1. The molecule has 0 aromatic heterocycles. The Hall–Kier alpha value is -2.96. The molecular weight excluding hydrogens is 458 g/mol. The fourth-order valence-electron chi connectivity index (χ4n) is 4.24. The van der Waals surface area contributed by atoms with Crippen LogP contribution in [0.4, 0.5) is 0 Å². The van der Waals surface area contributed by atoms with E-state index in [2.05, 4.69) is 40.2 Å². The Bertz CT molecular complexity index is 1070. The van der Waals surface area contributed by atoms with Crippen molar-refractivity contribution in [1.29, 1.82) is 0 Å². The zero-order valence-electron chi connectivity index (χ0n) is 16.7. The van der Waals surface area contributed by atoms with Gasteiger partial charge in [-0.1, -0.05) is 76.6 Å². The van der Waals surface area contributed by atoms with Gasteiger partial charge in [-0.15, -0.1) is 0 Å². The second kappa shape index (κ2) is 9.04. The average molecular weight is 480 g/mol. The number of carbonyl (C=O) groups excluding carboxylic acids is 1. The van der Waals surface area contributed by atoms with Gasteiger partial charge in [-0.05, 0) is 39.9 Å². The summed E-state index contributed by atoms with van der Waals surface area (Å²) in [6.07, 6.45) is -0.328. The van der Waals surface area contributed by atoms with E-state index in [1.807, 2.05) is 24.3 Å². The predicted molar refractivity (Wildman–Crippen MR) is 122 cm³/mol. The van der Waals surface area contributed by atoms with Crippen molar-refractivity contribution in [3.63, 3.8) is 0 Å². The molecule has 158 valence electrons. The van der Waals surface area contributed by atoms with Crippen LogP contribution >= 0.6 is 15.9 Å². The highest BCUT2D eigenvalue weighted by Gasteiger charge is 2.33. The third-order valence-corrected chi connectivity index (χ3v) is 6.21. The Labute approximate surface area is 189 Å². The van der Waals surface area contributed by atoms with Crippen molar-refractivity contribution in [3.8, 4) is 11.1 Å². The summed E-state index contributed by atoms with van der Waals surface area (Å²) in [6.45, 7) is 0.166. The van der Waals surface area contributed by atoms with Gasteiger partial charge in [-0.25, -0.2) is 0 Å². The monoisotopic (exact) mass is 479 g/mol. The lowest BCUT2D eigenvalue weighted by Gasteiger charge is -2.23. The van der Waals surface area contributed by atoms with Crippen molar-refractivity contribution in [2.24, 2.45) is 5.73 Å². The Kier molecular flexibility index (Phi) is 6.20. The van der Waals surface area contributed by atoms with E-state index in [4.69, 9.17) is 10.5 Å². The van der Waals surface area contributed by atoms with E-state index in [1.54, 1.807) is 24.3 Å². The number of rotatable bonds is 7. The van der Waals surface area contributed by atoms with Gasteiger partial charge in [0, 0.05) is 16.4 Å². The maximum Gasteiger partial charge on any atom is 0.315 e. The minimum Gasteiger partial charge on any atom is -0.481 e. The van der Waals surface area contributed by atoms with E-state index in [9.17, 15) is 14.7 Å². The molecule has 6 heteroatoms. The summed E-state index contributed by atoms with van der Waals surface area (Å²) >= 11 is 3.37. The minimum absolute atomic E-state index is 0.0717. The molecule has 0 radical (unpaired) electrons. The zero-order chi connectivity index (χ0) is 22.0. The van der Waals surface area contributed by atoms with Gasteiger partial charge in [0.1, 0.15) is 6.61 Å². The van der Waals surface area contributed by atoms with E-state index in [0.29, 0.717) is 5.56 Å². The molecule has 3 aromatic carbocycles. The molecule has 0 fully saturated rings. The summed E-state index contributed by atoms with van der Waals surface area (Å²) in [5.41, 5.74) is 11.3. The molecule has 0 amide bonds. The van der Waals surface area contributed by atoms with Crippen LogP contribution in [0.25, 0.3) is 11.1 Å². The zero-order valence-corrected chi connectivity index (χ0v) is 18.3. The van der Waals surface area contributed by atoms with Gasteiger partial charge in [0.15, 0.2) is 0 Å². The van der Waals surface area contributed by atoms with E-state index in [1.165, 1.54) is 0 Å². The number of carboxylic acids is 1. The molecule has 1 aliphatic rings. The highest BCUT2D eigenvalue weighted by molar-refractivity contribution is 9.10. The number of carbonyl (C=O) groups is 2. The van der Waals surface area contributed by atoms with Crippen molar-refractivity contribution in [2.75, 3.05) is 6.61 Å². The fraction of sp³-hybridized carbons (Fsp3) is 0.200. The maximum atomic E-state index is 13.1. The fourth-order valence-corrected chi connectivity index (χ4v) is 4.51. The molecule has 0 heterocycles. The summed E-state index contributed by atoms with van der Waals surface area (Å²) in [6, 6.07) is 22.4. The Morgan fingerprint density at radius 3 is 2.03 bits per heavy atom. The maximum absolute atomic E-state index is 13.1. The molecule has 3 aromatic rings. The molecule has 3 N–H and O–H groups in total. The lowest BCUT2D eigenvalue weighted by molar-refractivity contribution is -0.146. The minimum atomic E-state index is -1.05. The smallest absolute Gasteiger partial charge is 0.315 e. The van der Waals surface area contributed by atoms with Crippen LogP contribution in [0.3, 0.4) is 0 Å². The molecule has 0 spiro atoms. The average Bonchev–Trinajstić information content (AvgIpc) is 3.07. The number of esters is 1. The van der Waals surface area contributed by atoms with Gasteiger partial charge in [0.2, 0.25) is 0 Å². The summed E-state index contributed by atoms with van der Waals surface area (Å²) in [5.74, 6) is -2.51. The van der Waals surface area contributed by atoms with Crippen LogP contribution in [0.1, 0.15) is 34.9 Å². The van der Waals surface area contributed by atoms with Gasteiger partial charge in [-0.3, -0.25) is 9.59 Å². The number of carboxylic acid groups (broad SMARTS) is 1. The van der Waals surface area contributed by atoms with Crippen molar-refractivity contribution < 1.29 is 19.4 Å². The first-order valence-corrected chi connectivity index (χ1v) is 10.8. The largest absolute Gasteiger partial charge is 0.481 e. The second-order valence-electron chi connectivity index (χ2n) is 7.65. The first-order chi connectivity index (χ1) is 15.0. The first kappa shape index (κ1) is 21.3. The third-order valence-electron chi connectivity index (χ3n) is 5.68. The molecule has 0 bridgehead atoms. The van der Waals surface area contributed by atoms with Crippen LogP contribution in [0.5, 0.6) is 0 Å². The van der Waals surface area contributed by atoms with Crippen LogP contribution < -0.4 is 5.73 Å². The van der Waals surface area contributed by atoms with Gasteiger partial charge in [-0.2, -0.15) is 0 Å². The quantitative estimate of drug-likeness (QED) is 0.479. The van der Waals surface area contributed by atoms with Gasteiger partial charge >= 0.3 is 11.9 Å². The first-order valence-electron chi connectivity index (χ1n) is 10.0. The summed E-state index contributed by atoms with van der Waals surface area (Å²) < 4.78 is 6.62. The number of aliphatic carboxylic acids is 1. The SMILES string of the molecule is N[C@@H](CC(=O)O)[C@@H](C(=O)OCC1c2ccccc2-c2ccccc21)c1ccc(Br)cc1. The number of ether oxygens (including phenoxy) is 1. The normalized spacial score (nSPS) is 14.4. The Morgan fingerprint density at radius 2 is 1.48 bits per heavy atom. The van der Waals surface area contributed by atoms with Crippen LogP contribution in [0, 0.1) is 0 Å². The lowest BCUT2D eigenvalue weighted by Crippen LogP contribution is -2.37. The van der Waals surface area contributed by atoms with Gasteiger partial charge < -0.3 is 15.6 Å². The van der Waals surface area contributed by atoms with E-state index in [0.717, 1.165) is 26.7 Å². The number of hydrogen-bond donors (Lipinski definition) is 2. The molecular formula is C25H22BrNO4. The molecule has 0 aliphatic heterocycles. The summed E-state index contributed by atoms with van der Waals surface area (Å²) in [4.78, 5) is 24.3. The Balaban J connectivity index is 1.58. The molecule has 0 saturated heterocycles. The van der Waals surface area contributed by atoms with Gasteiger partial charge in [0.25, 0.3) is 0 Å². The molecule has 0 unspecified atom stereocenters. The topological polar surface area (TPSA) is 89.6 Å². The number of fused-ring (bicyclic) bond motifs is 3. The van der Waals surface area contributed by atoms with E-state index in [-0.39, 0.29) is 18.9 Å². The van der Waals surface area contributed by atoms with Crippen molar-refractivity contribution in [3.05, 3.63) is 94.0 Å². The second-order valence-corrected chi connectivity index (χ2v) is 8.56. The summed E-state index contributed by atoms with van der Waals surface area (Å²) in [7, 11) is 0. The molecule has 4 rings (SSSR count). The number of hydrogen-bond acceptors (Lipinski definition) is 4. The molecule has 1 aliphatic carbocycles. The number of halogens is 1. The third kappa shape index (κ3) is 4.40.